The van der Waals surface area contributed by atoms with Gasteiger partial charge in [-0.3, -0.25) is 4.79 Å². The fourth-order valence-electron chi connectivity index (χ4n) is 3.25. The number of aliphatic hydroxyl groups excluding tert-OH is 1. The molecule has 0 aromatic heterocycles. The predicted molar refractivity (Wildman–Crippen MR) is 99.9 cm³/mol. The molecule has 0 spiro atoms. The second-order valence-electron chi connectivity index (χ2n) is 6.73. The molecule has 9 heteroatoms. The van der Waals surface area contributed by atoms with Crippen LogP contribution < -0.4 is 10.6 Å². The summed E-state index contributed by atoms with van der Waals surface area (Å²) in [5, 5.41) is 15.0. The monoisotopic (exact) mass is 407 g/mol. The van der Waals surface area contributed by atoms with E-state index < -0.39 is 35.8 Å². The van der Waals surface area contributed by atoms with Gasteiger partial charge in [0.05, 0.1) is 11.7 Å². The van der Waals surface area contributed by atoms with Gasteiger partial charge in [0.2, 0.25) is 5.91 Å². The summed E-state index contributed by atoms with van der Waals surface area (Å²) in [5.41, 5.74) is -0.380. The summed E-state index contributed by atoms with van der Waals surface area (Å²) in [6.07, 6.45) is -5.42. The lowest BCUT2D eigenvalue weighted by Gasteiger charge is -2.24. The van der Waals surface area contributed by atoms with Gasteiger partial charge >= 0.3 is 12.2 Å². The van der Waals surface area contributed by atoms with E-state index in [0.717, 1.165) is 6.07 Å². The predicted octanol–water partition coefficient (Wildman–Crippen LogP) is 2.99. The standard InChI is InChI=1S/C20H20F3N3O3/c21-20(22,23)16-9-5-4-6-13(16)11-24-18(28)17-10-15(27)12-26(17)19(29)25-14-7-2-1-3-8-14/h1-9,15,17,27H,10-12H2,(H,24,28)(H,25,29)/t15-,17+/m1/s1. The van der Waals surface area contributed by atoms with Crippen LogP contribution in [0.5, 0.6) is 0 Å². The molecule has 3 amide bonds. The lowest BCUT2D eigenvalue weighted by molar-refractivity contribution is -0.138. The molecule has 1 heterocycles. The highest BCUT2D eigenvalue weighted by Gasteiger charge is 2.39. The first-order valence-electron chi connectivity index (χ1n) is 8.99. The molecular formula is C20H20F3N3O3. The lowest BCUT2D eigenvalue weighted by atomic mass is 10.1. The summed E-state index contributed by atoms with van der Waals surface area (Å²) >= 11 is 0. The molecule has 0 aliphatic carbocycles. The van der Waals surface area contributed by atoms with Gasteiger partial charge in [-0.25, -0.2) is 4.79 Å². The third kappa shape index (κ3) is 5.05. The van der Waals surface area contributed by atoms with Gasteiger partial charge in [-0.1, -0.05) is 36.4 Å². The molecule has 0 bridgehead atoms. The highest BCUT2D eigenvalue weighted by atomic mass is 19.4. The maximum absolute atomic E-state index is 13.1. The number of hydrogen-bond acceptors (Lipinski definition) is 3. The van der Waals surface area contributed by atoms with Crippen molar-refractivity contribution in [1.82, 2.24) is 10.2 Å². The van der Waals surface area contributed by atoms with Crippen molar-refractivity contribution >= 4 is 17.6 Å². The molecule has 3 N–H and O–H groups in total. The smallest absolute Gasteiger partial charge is 0.391 e. The minimum Gasteiger partial charge on any atom is -0.391 e. The second kappa shape index (κ2) is 8.52. The highest BCUT2D eigenvalue weighted by Crippen LogP contribution is 2.31. The third-order valence-corrected chi connectivity index (χ3v) is 4.64. The molecule has 6 nitrogen and oxygen atoms in total. The van der Waals surface area contributed by atoms with Crippen molar-refractivity contribution in [1.29, 1.82) is 0 Å². The van der Waals surface area contributed by atoms with Gasteiger partial charge in [0, 0.05) is 25.2 Å². The molecule has 0 unspecified atom stereocenters. The molecule has 154 valence electrons. The molecular weight excluding hydrogens is 387 g/mol. The molecule has 0 saturated carbocycles. The Morgan fingerprint density at radius 2 is 1.72 bits per heavy atom. The van der Waals surface area contributed by atoms with E-state index in [1.165, 1.54) is 23.1 Å². The fraction of sp³-hybridized carbons (Fsp3) is 0.300. The van der Waals surface area contributed by atoms with Gasteiger partial charge in [-0.2, -0.15) is 13.2 Å². The van der Waals surface area contributed by atoms with Crippen molar-refractivity contribution in [3.05, 3.63) is 65.7 Å². The first-order chi connectivity index (χ1) is 13.8. The number of halogens is 3. The van der Waals surface area contributed by atoms with Gasteiger partial charge in [-0.15, -0.1) is 0 Å². The minimum absolute atomic E-state index is 0.00889. The molecule has 1 saturated heterocycles. The quantitative estimate of drug-likeness (QED) is 0.729. The van der Waals surface area contributed by atoms with E-state index >= 15 is 0 Å². The molecule has 1 aliphatic heterocycles. The van der Waals surface area contributed by atoms with Crippen LogP contribution in [0.2, 0.25) is 0 Å². The number of nitrogens with zero attached hydrogens (tertiary/aromatic N) is 1. The van der Waals surface area contributed by atoms with Crippen LogP contribution in [-0.2, 0) is 17.5 Å². The van der Waals surface area contributed by atoms with Crippen LogP contribution in [0, 0.1) is 0 Å². The Morgan fingerprint density at radius 3 is 2.41 bits per heavy atom. The molecule has 2 aromatic rings. The van der Waals surface area contributed by atoms with Crippen LogP contribution in [0.3, 0.4) is 0 Å². The molecule has 29 heavy (non-hydrogen) atoms. The van der Waals surface area contributed by atoms with Gasteiger partial charge in [-0.05, 0) is 23.8 Å². The number of rotatable bonds is 4. The van der Waals surface area contributed by atoms with Crippen LogP contribution >= 0.6 is 0 Å². The average Bonchev–Trinajstić information content (AvgIpc) is 3.08. The summed E-state index contributed by atoms with van der Waals surface area (Å²) in [5.74, 6) is -0.623. The van der Waals surface area contributed by atoms with E-state index in [1.54, 1.807) is 30.3 Å². The number of carbonyl (C=O) groups excluding carboxylic acids is 2. The number of likely N-dealkylation sites (tertiary alicyclic amines) is 1. The van der Waals surface area contributed by atoms with Gasteiger partial charge in [0.25, 0.3) is 0 Å². The van der Waals surface area contributed by atoms with Crippen molar-refractivity contribution in [3.8, 4) is 0 Å². The van der Waals surface area contributed by atoms with Crippen molar-refractivity contribution in [3.63, 3.8) is 0 Å². The van der Waals surface area contributed by atoms with Crippen molar-refractivity contribution < 1.29 is 27.9 Å². The molecule has 1 fully saturated rings. The Morgan fingerprint density at radius 1 is 1.07 bits per heavy atom. The first-order valence-corrected chi connectivity index (χ1v) is 8.99. The third-order valence-electron chi connectivity index (χ3n) is 4.64. The number of aliphatic hydroxyl groups is 1. The summed E-state index contributed by atoms with van der Waals surface area (Å²) < 4.78 is 39.3. The second-order valence-corrected chi connectivity index (χ2v) is 6.73. The Bertz CT molecular complexity index is 874. The van der Waals surface area contributed by atoms with Crippen molar-refractivity contribution in [2.75, 3.05) is 11.9 Å². The zero-order valence-electron chi connectivity index (χ0n) is 15.3. The SMILES string of the molecule is O=C(NCc1ccccc1C(F)(F)F)[C@@H]1C[C@@H](O)CN1C(=O)Nc1ccccc1. The van der Waals surface area contributed by atoms with Crippen LogP contribution in [0.25, 0.3) is 0 Å². The van der Waals surface area contributed by atoms with Gasteiger partial charge < -0.3 is 20.6 Å². The van der Waals surface area contributed by atoms with Gasteiger partial charge in [0.1, 0.15) is 6.04 Å². The number of alkyl halides is 3. The lowest BCUT2D eigenvalue weighted by Crippen LogP contribution is -2.47. The van der Waals surface area contributed by atoms with E-state index in [-0.39, 0.29) is 25.1 Å². The van der Waals surface area contributed by atoms with E-state index in [9.17, 15) is 27.9 Å². The summed E-state index contributed by atoms with van der Waals surface area (Å²) in [6.45, 7) is -0.384. The number of carbonyl (C=O) groups is 2. The Balaban J connectivity index is 1.67. The van der Waals surface area contributed by atoms with Crippen LogP contribution in [0.15, 0.2) is 54.6 Å². The minimum atomic E-state index is -4.54. The topological polar surface area (TPSA) is 81.7 Å². The van der Waals surface area contributed by atoms with Crippen LogP contribution in [-0.4, -0.2) is 40.6 Å². The maximum Gasteiger partial charge on any atom is 0.416 e. The van der Waals surface area contributed by atoms with Gasteiger partial charge in [0.15, 0.2) is 0 Å². The first kappa shape index (κ1) is 20.7. The number of nitrogens with one attached hydrogen (secondary N) is 2. The van der Waals surface area contributed by atoms with E-state index in [0.29, 0.717) is 5.69 Å². The van der Waals surface area contributed by atoms with Crippen LogP contribution in [0.1, 0.15) is 17.5 Å². The molecule has 2 atom stereocenters. The largest absolute Gasteiger partial charge is 0.416 e. The zero-order valence-corrected chi connectivity index (χ0v) is 15.3. The number of urea groups is 1. The number of β-amino-alcohol motifs (C(OH)–C–C–N with tert-alkyl or cyclic N) is 1. The average molecular weight is 407 g/mol. The van der Waals surface area contributed by atoms with Crippen molar-refractivity contribution in [2.45, 2.75) is 31.3 Å². The van der Waals surface area contributed by atoms with Crippen LogP contribution in [0.4, 0.5) is 23.7 Å². The summed E-state index contributed by atoms with van der Waals surface area (Å²) in [4.78, 5) is 26.3. The van der Waals surface area contributed by atoms with E-state index in [2.05, 4.69) is 10.6 Å². The molecule has 2 aromatic carbocycles. The maximum atomic E-state index is 13.1. The Labute approximate surface area is 165 Å². The zero-order chi connectivity index (χ0) is 21.0. The fourth-order valence-corrected chi connectivity index (χ4v) is 3.25. The summed E-state index contributed by atoms with van der Waals surface area (Å²) in [7, 11) is 0. The summed E-state index contributed by atoms with van der Waals surface area (Å²) in [6, 6.07) is 12.0. The Hall–Kier alpha value is -3.07. The Kier molecular flexibility index (Phi) is 6.07. The molecule has 3 rings (SSSR count). The molecule has 1 aliphatic rings. The van der Waals surface area contributed by atoms with Crippen molar-refractivity contribution in [2.24, 2.45) is 0 Å². The number of benzene rings is 2. The highest BCUT2D eigenvalue weighted by molar-refractivity contribution is 5.94. The van der Waals surface area contributed by atoms with E-state index in [1.807, 2.05) is 0 Å². The number of para-hydroxylation sites is 1. The number of anilines is 1. The number of hydrogen-bond donors (Lipinski definition) is 3. The normalized spacial score (nSPS) is 19.1. The molecule has 0 radical (unpaired) electrons. The van der Waals surface area contributed by atoms with E-state index in [4.69, 9.17) is 0 Å². The number of amides is 3.